The van der Waals surface area contributed by atoms with Crippen LogP contribution in [0.15, 0.2) is 90.0 Å². The average Bonchev–Trinajstić information content (AvgIpc) is 3.69. The van der Waals surface area contributed by atoms with Gasteiger partial charge in [-0.15, -0.1) is 11.3 Å². The normalized spacial score (nSPS) is 18.4. The Bertz CT molecular complexity index is 1590. The molecule has 2 aliphatic heterocycles. The van der Waals surface area contributed by atoms with E-state index in [4.69, 9.17) is 0 Å². The molecule has 0 spiro atoms. The van der Waals surface area contributed by atoms with Gasteiger partial charge in [0.15, 0.2) is 5.71 Å². The summed E-state index contributed by atoms with van der Waals surface area (Å²) < 4.78 is 2.54. The van der Waals surface area contributed by atoms with Gasteiger partial charge in [0.2, 0.25) is 5.69 Å². The summed E-state index contributed by atoms with van der Waals surface area (Å²) in [5.74, 6) is 0.150. The molecular weight excluding hydrogens is 550 g/mol. The van der Waals surface area contributed by atoms with E-state index in [2.05, 4.69) is 110 Å². The quantitative estimate of drug-likeness (QED) is 0.0689. The minimum absolute atomic E-state index is 0.107. The number of unbranched alkanes of at least 4 members (excludes halogenated alkanes) is 3. The van der Waals surface area contributed by atoms with Gasteiger partial charge < -0.3 is 4.90 Å². The van der Waals surface area contributed by atoms with Crippen LogP contribution in [0.3, 0.4) is 0 Å². The summed E-state index contributed by atoms with van der Waals surface area (Å²) in [4.78, 5) is 14.7. The molecule has 0 saturated carbocycles. The van der Waals surface area contributed by atoms with E-state index in [1.54, 1.807) is 23.5 Å². The van der Waals surface area contributed by atoms with Gasteiger partial charge in [0, 0.05) is 65.0 Å². The van der Waals surface area contributed by atoms with Crippen LogP contribution in [-0.4, -0.2) is 28.3 Å². The maximum absolute atomic E-state index is 11.4. The lowest BCUT2D eigenvalue weighted by Crippen LogP contribution is -2.27. The largest absolute Gasteiger partial charge is 0.345 e. The third kappa shape index (κ3) is 6.03. The lowest BCUT2D eigenvalue weighted by atomic mass is 9.80. The molecule has 43 heavy (non-hydrogen) atoms. The number of likely N-dealkylation sites (N-methyl/N-ethyl adjacent to an activating group) is 1. The van der Waals surface area contributed by atoms with Gasteiger partial charge in [-0.25, -0.2) is 0 Å². The van der Waals surface area contributed by atoms with Crippen LogP contribution in [-0.2, 0) is 5.41 Å². The number of benzene rings is 2. The topological polar surface area (TPSA) is 49.4 Å². The highest BCUT2D eigenvalue weighted by Gasteiger charge is 2.44. The van der Waals surface area contributed by atoms with Gasteiger partial charge in [-0.05, 0) is 80.5 Å². The Balaban J connectivity index is 1.42. The van der Waals surface area contributed by atoms with Crippen LogP contribution < -0.4 is 4.90 Å². The number of non-ortho nitro benzene ring substituents is 1. The average molecular weight is 595 g/mol. The second-order valence-corrected chi connectivity index (χ2v) is 12.9. The molecule has 2 aliphatic rings. The second-order valence-electron chi connectivity index (χ2n) is 12.0. The van der Waals surface area contributed by atoms with Gasteiger partial charge in [-0.2, -0.15) is 4.58 Å². The van der Waals surface area contributed by atoms with Crippen LogP contribution in [0.4, 0.5) is 17.1 Å². The lowest BCUT2D eigenvalue weighted by Gasteiger charge is -2.20. The SMILES string of the molecule is CCCCCC[N+]1=C(/C=C/C=C/C=C2\C(CC)c3cc([N+](=O)[O-])ccc3N2CC)C(C)(C)c2cc(-c3cccs3)ccc21. The molecule has 1 aromatic heterocycles. The van der Waals surface area contributed by atoms with Gasteiger partial charge in [0.05, 0.1) is 10.3 Å². The van der Waals surface area contributed by atoms with E-state index >= 15 is 0 Å². The van der Waals surface area contributed by atoms with Crippen LogP contribution in [0.25, 0.3) is 10.4 Å². The molecule has 5 nitrogen and oxygen atoms in total. The van der Waals surface area contributed by atoms with E-state index in [0.717, 1.165) is 30.8 Å². The molecule has 0 fully saturated rings. The molecule has 0 saturated heterocycles. The lowest BCUT2D eigenvalue weighted by molar-refractivity contribution is -0.438. The van der Waals surface area contributed by atoms with Crippen molar-refractivity contribution >= 4 is 34.1 Å². The number of nitrogens with zero attached hydrogens (tertiary/aromatic N) is 3. The Kier molecular flexibility index (Phi) is 9.46. The number of anilines is 1. The molecule has 0 aliphatic carbocycles. The molecule has 0 N–H and O–H groups in total. The number of hydrogen-bond donors (Lipinski definition) is 0. The van der Waals surface area contributed by atoms with Crippen LogP contribution >= 0.6 is 11.3 Å². The first-order valence-corrected chi connectivity index (χ1v) is 16.6. The number of fused-ring (bicyclic) bond motifs is 2. The fourth-order valence-electron chi connectivity index (χ4n) is 6.73. The molecule has 1 atom stereocenters. The molecule has 224 valence electrons. The summed E-state index contributed by atoms with van der Waals surface area (Å²) in [6, 6.07) is 16.6. The van der Waals surface area contributed by atoms with Gasteiger partial charge in [-0.3, -0.25) is 10.1 Å². The summed E-state index contributed by atoms with van der Waals surface area (Å²) in [6.07, 6.45) is 16.7. The van der Waals surface area contributed by atoms with Crippen molar-refractivity contribution in [1.82, 2.24) is 0 Å². The van der Waals surface area contributed by atoms with Crippen molar-refractivity contribution in [2.45, 2.75) is 78.1 Å². The van der Waals surface area contributed by atoms with Crippen LogP contribution in [0.1, 0.15) is 83.8 Å². The van der Waals surface area contributed by atoms with Crippen molar-refractivity contribution in [3.8, 4) is 10.4 Å². The minimum Gasteiger partial charge on any atom is -0.345 e. The highest BCUT2D eigenvalue weighted by molar-refractivity contribution is 7.13. The highest BCUT2D eigenvalue weighted by atomic mass is 32.1. The van der Waals surface area contributed by atoms with Crippen molar-refractivity contribution in [1.29, 1.82) is 0 Å². The zero-order valence-electron chi connectivity index (χ0n) is 26.2. The number of rotatable bonds is 12. The number of allylic oxidation sites excluding steroid dienone is 6. The van der Waals surface area contributed by atoms with E-state index in [1.807, 2.05) is 6.07 Å². The molecule has 0 bridgehead atoms. The van der Waals surface area contributed by atoms with E-state index in [9.17, 15) is 10.1 Å². The van der Waals surface area contributed by atoms with Gasteiger partial charge >= 0.3 is 0 Å². The molecule has 0 amide bonds. The predicted molar refractivity (Wildman–Crippen MR) is 182 cm³/mol. The Morgan fingerprint density at radius 1 is 1.02 bits per heavy atom. The molecule has 6 heteroatoms. The van der Waals surface area contributed by atoms with Crippen molar-refractivity contribution in [2.24, 2.45) is 0 Å². The Morgan fingerprint density at radius 3 is 2.56 bits per heavy atom. The summed E-state index contributed by atoms with van der Waals surface area (Å²) in [6.45, 7) is 13.1. The molecule has 0 radical (unpaired) electrons. The number of nitro groups is 1. The maximum atomic E-state index is 11.4. The van der Waals surface area contributed by atoms with Crippen molar-refractivity contribution in [2.75, 3.05) is 18.0 Å². The first-order valence-electron chi connectivity index (χ1n) is 15.8. The van der Waals surface area contributed by atoms with E-state index in [1.165, 1.54) is 58.8 Å². The van der Waals surface area contributed by atoms with E-state index < -0.39 is 0 Å². The third-order valence-corrected chi connectivity index (χ3v) is 9.88. The Morgan fingerprint density at radius 2 is 1.86 bits per heavy atom. The number of nitro benzene ring substituents is 1. The van der Waals surface area contributed by atoms with Crippen LogP contribution in [0, 0.1) is 10.1 Å². The number of hydrogen-bond acceptors (Lipinski definition) is 4. The summed E-state index contributed by atoms with van der Waals surface area (Å²) in [5, 5.41) is 13.6. The van der Waals surface area contributed by atoms with Gasteiger partial charge in [0.1, 0.15) is 6.54 Å². The Hall–Kier alpha value is -3.77. The highest BCUT2D eigenvalue weighted by Crippen LogP contribution is 2.46. The van der Waals surface area contributed by atoms with Crippen molar-refractivity contribution in [3.05, 3.63) is 111 Å². The minimum atomic E-state index is -0.299. The smallest absolute Gasteiger partial charge is 0.269 e. The summed E-state index contributed by atoms with van der Waals surface area (Å²) in [5.41, 5.74) is 8.73. The summed E-state index contributed by atoms with van der Waals surface area (Å²) >= 11 is 1.79. The molecule has 1 unspecified atom stereocenters. The zero-order chi connectivity index (χ0) is 30.6. The first kappa shape index (κ1) is 30.7. The second kappa shape index (κ2) is 13.3. The van der Waals surface area contributed by atoms with E-state index in [0.29, 0.717) is 0 Å². The molecule has 3 heterocycles. The fourth-order valence-corrected chi connectivity index (χ4v) is 7.45. The fraction of sp³-hybridized carbons (Fsp3) is 0.378. The van der Waals surface area contributed by atoms with Crippen LogP contribution in [0.2, 0.25) is 0 Å². The monoisotopic (exact) mass is 594 g/mol. The van der Waals surface area contributed by atoms with Gasteiger partial charge in [-0.1, -0.05) is 51.0 Å². The standard InChI is InChI=1S/C37H44N3O2S/c1-6-9-10-14-23-39-34-21-19-27(35-17-15-24-43-35)25-31(34)37(4,5)36(39)18-13-11-12-16-32-29(7-2)30-26-28(40(41)42)20-22-33(30)38(32)8-3/h11-13,15-22,24-26,29H,6-10,14,23H2,1-5H3/q+1. The van der Waals surface area contributed by atoms with Crippen LogP contribution in [0.5, 0.6) is 0 Å². The first-order chi connectivity index (χ1) is 20.8. The third-order valence-electron chi connectivity index (χ3n) is 8.96. The zero-order valence-corrected chi connectivity index (χ0v) is 27.0. The number of thiophene rings is 1. The van der Waals surface area contributed by atoms with Crippen molar-refractivity contribution in [3.63, 3.8) is 0 Å². The maximum Gasteiger partial charge on any atom is 0.269 e. The molecule has 3 aromatic rings. The molecule has 2 aromatic carbocycles. The molecule has 5 rings (SSSR count). The van der Waals surface area contributed by atoms with Crippen molar-refractivity contribution < 1.29 is 9.50 Å². The van der Waals surface area contributed by atoms with E-state index in [-0.39, 0.29) is 21.9 Å². The summed E-state index contributed by atoms with van der Waals surface area (Å²) in [7, 11) is 0. The Labute approximate surface area is 260 Å². The molecular formula is C37H44N3O2S+. The van der Waals surface area contributed by atoms with Gasteiger partial charge in [0.25, 0.3) is 5.69 Å². The predicted octanol–water partition coefficient (Wildman–Crippen LogP) is 10.3.